The van der Waals surface area contributed by atoms with Gasteiger partial charge in [-0.3, -0.25) is 4.79 Å². The maximum atomic E-state index is 12.2. The van der Waals surface area contributed by atoms with Crippen LogP contribution in [-0.4, -0.2) is 11.9 Å². The second kappa shape index (κ2) is 6.42. The van der Waals surface area contributed by atoms with Crippen LogP contribution in [0, 0.1) is 11.8 Å². The molecule has 0 radical (unpaired) electrons. The lowest BCUT2D eigenvalue weighted by Crippen LogP contribution is -2.44. The van der Waals surface area contributed by atoms with E-state index < -0.39 is 5.38 Å². The number of hydrogen-bond donors (Lipinski definition) is 1. The van der Waals surface area contributed by atoms with Gasteiger partial charge in [-0.15, -0.1) is 11.6 Å². The molecule has 1 fully saturated rings. The third-order valence-electron chi connectivity index (χ3n) is 4.36. The highest BCUT2D eigenvalue weighted by Crippen LogP contribution is 2.30. The van der Waals surface area contributed by atoms with Crippen LogP contribution >= 0.6 is 11.6 Å². The number of hydrogen-bond acceptors (Lipinski definition) is 1. The molecule has 0 aliphatic heterocycles. The molecule has 4 atom stereocenters. The Morgan fingerprint density at radius 2 is 1.95 bits per heavy atom. The Labute approximate surface area is 120 Å². The number of nitrogens with one attached hydrogen (secondary N) is 1. The van der Waals surface area contributed by atoms with Gasteiger partial charge in [-0.05, 0) is 23.8 Å². The molecule has 1 aliphatic rings. The summed E-state index contributed by atoms with van der Waals surface area (Å²) >= 11 is 6.25. The maximum absolute atomic E-state index is 12.2. The van der Waals surface area contributed by atoms with E-state index in [1.807, 2.05) is 30.3 Å². The first-order valence-corrected chi connectivity index (χ1v) is 7.52. The minimum atomic E-state index is -0.592. The molecule has 1 amide bonds. The van der Waals surface area contributed by atoms with E-state index >= 15 is 0 Å². The summed E-state index contributed by atoms with van der Waals surface area (Å²) in [5.41, 5.74) is 0.859. The van der Waals surface area contributed by atoms with Crippen LogP contribution in [0.4, 0.5) is 0 Å². The Kier molecular flexibility index (Phi) is 4.87. The van der Waals surface area contributed by atoms with E-state index in [1.54, 1.807) is 0 Å². The fourth-order valence-electron chi connectivity index (χ4n) is 2.81. The molecular weight excluding hydrogens is 258 g/mol. The standard InChI is InChI=1S/C16H22ClNO/c1-11-7-6-10-14(12(11)2)18-16(19)15(17)13-8-4-3-5-9-13/h3-5,8-9,11-12,14-15H,6-7,10H2,1-2H3,(H,18,19). The molecule has 3 heteroatoms. The Hall–Kier alpha value is -1.02. The molecule has 1 aliphatic carbocycles. The zero-order chi connectivity index (χ0) is 13.8. The van der Waals surface area contributed by atoms with Gasteiger partial charge in [-0.2, -0.15) is 0 Å². The number of benzene rings is 1. The zero-order valence-corrected chi connectivity index (χ0v) is 12.4. The van der Waals surface area contributed by atoms with Gasteiger partial charge in [-0.1, -0.05) is 57.0 Å². The lowest BCUT2D eigenvalue weighted by atomic mass is 9.78. The van der Waals surface area contributed by atoms with Crippen LogP contribution in [0.15, 0.2) is 30.3 Å². The summed E-state index contributed by atoms with van der Waals surface area (Å²) < 4.78 is 0. The summed E-state index contributed by atoms with van der Waals surface area (Å²) in [6, 6.07) is 9.79. The molecule has 0 saturated heterocycles. The Morgan fingerprint density at radius 3 is 2.63 bits per heavy atom. The summed E-state index contributed by atoms with van der Waals surface area (Å²) in [5, 5.41) is 2.53. The van der Waals surface area contributed by atoms with E-state index in [0.29, 0.717) is 11.8 Å². The number of rotatable bonds is 3. The van der Waals surface area contributed by atoms with Crippen molar-refractivity contribution in [3.05, 3.63) is 35.9 Å². The van der Waals surface area contributed by atoms with E-state index in [1.165, 1.54) is 12.8 Å². The van der Waals surface area contributed by atoms with E-state index in [0.717, 1.165) is 12.0 Å². The van der Waals surface area contributed by atoms with Crippen LogP contribution in [0.3, 0.4) is 0 Å². The molecule has 1 N–H and O–H groups in total. The van der Waals surface area contributed by atoms with Crippen molar-refractivity contribution in [2.75, 3.05) is 0 Å². The van der Waals surface area contributed by atoms with Crippen molar-refractivity contribution in [2.45, 2.75) is 44.5 Å². The van der Waals surface area contributed by atoms with Crippen LogP contribution in [0.5, 0.6) is 0 Å². The molecular formula is C16H22ClNO. The predicted octanol–water partition coefficient (Wildman–Crippen LogP) is 3.91. The molecule has 1 aromatic rings. The molecule has 0 bridgehead atoms. The molecule has 0 heterocycles. The average Bonchev–Trinajstić information content (AvgIpc) is 2.44. The first kappa shape index (κ1) is 14.4. The fourth-order valence-corrected chi connectivity index (χ4v) is 3.02. The van der Waals surface area contributed by atoms with Crippen molar-refractivity contribution in [3.8, 4) is 0 Å². The summed E-state index contributed by atoms with van der Waals surface area (Å²) in [5.74, 6) is 1.13. The minimum Gasteiger partial charge on any atom is -0.352 e. The Bertz CT molecular complexity index is 420. The molecule has 0 aromatic heterocycles. The SMILES string of the molecule is CC1CCCC(NC(=O)C(Cl)c2ccccc2)C1C. The zero-order valence-electron chi connectivity index (χ0n) is 11.6. The number of alkyl halides is 1. The van der Waals surface area contributed by atoms with E-state index in [2.05, 4.69) is 19.2 Å². The molecule has 4 unspecified atom stereocenters. The number of carbonyl (C=O) groups is 1. The average molecular weight is 280 g/mol. The first-order valence-electron chi connectivity index (χ1n) is 7.09. The van der Waals surface area contributed by atoms with Crippen LogP contribution in [0.1, 0.15) is 44.1 Å². The molecule has 0 spiro atoms. The molecule has 2 nitrogen and oxygen atoms in total. The summed E-state index contributed by atoms with van der Waals surface area (Å²) in [6.07, 6.45) is 3.51. The predicted molar refractivity (Wildman–Crippen MR) is 79.1 cm³/mol. The monoisotopic (exact) mass is 279 g/mol. The van der Waals surface area contributed by atoms with E-state index in [9.17, 15) is 4.79 Å². The smallest absolute Gasteiger partial charge is 0.242 e. The van der Waals surface area contributed by atoms with Crippen molar-refractivity contribution >= 4 is 17.5 Å². The molecule has 1 aromatic carbocycles. The summed E-state index contributed by atoms with van der Waals surface area (Å²) in [7, 11) is 0. The maximum Gasteiger partial charge on any atom is 0.242 e. The van der Waals surface area contributed by atoms with Gasteiger partial charge in [0.15, 0.2) is 0 Å². The Balaban J connectivity index is 1.97. The second-order valence-electron chi connectivity index (χ2n) is 5.66. The van der Waals surface area contributed by atoms with E-state index in [4.69, 9.17) is 11.6 Å². The highest BCUT2D eigenvalue weighted by Gasteiger charge is 2.29. The van der Waals surface area contributed by atoms with E-state index in [-0.39, 0.29) is 11.9 Å². The van der Waals surface area contributed by atoms with Gasteiger partial charge >= 0.3 is 0 Å². The van der Waals surface area contributed by atoms with Gasteiger partial charge in [0.05, 0.1) is 0 Å². The number of carbonyl (C=O) groups excluding carboxylic acids is 1. The second-order valence-corrected chi connectivity index (χ2v) is 6.09. The highest BCUT2D eigenvalue weighted by molar-refractivity contribution is 6.30. The number of amides is 1. The molecule has 2 rings (SSSR count). The summed E-state index contributed by atoms with van der Waals surface area (Å²) in [6.45, 7) is 4.49. The molecule has 1 saturated carbocycles. The fraction of sp³-hybridized carbons (Fsp3) is 0.562. The van der Waals surface area contributed by atoms with Crippen molar-refractivity contribution in [2.24, 2.45) is 11.8 Å². The van der Waals surface area contributed by atoms with Crippen LogP contribution in [0.2, 0.25) is 0 Å². The third-order valence-corrected chi connectivity index (χ3v) is 4.81. The third kappa shape index (κ3) is 3.50. The van der Waals surface area contributed by atoms with Gasteiger partial charge in [0, 0.05) is 6.04 Å². The van der Waals surface area contributed by atoms with Crippen LogP contribution in [-0.2, 0) is 4.79 Å². The van der Waals surface area contributed by atoms with Gasteiger partial charge in [0.1, 0.15) is 5.38 Å². The van der Waals surface area contributed by atoms with Gasteiger partial charge in [0.2, 0.25) is 5.91 Å². The van der Waals surface area contributed by atoms with Crippen LogP contribution < -0.4 is 5.32 Å². The van der Waals surface area contributed by atoms with Gasteiger partial charge < -0.3 is 5.32 Å². The topological polar surface area (TPSA) is 29.1 Å². The lowest BCUT2D eigenvalue weighted by Gasteiger charge is -2.35. The Morgan fingerprint density at radius 1 is 1.26 bits per heavy atom. The van der Waals surface area contributed by atoms with Crippen molar-refractivity contribution in [1.29, 1.82) is 0 Å². The molecule has 104 valence electrons. The number of halogens is 1. The minimum absolute atomic E-state index is 0.0705. The van der Waals surface area contributed by atoms with Crippen molar-refractivity contribution < 1.29 is 4.79 Å². The first-order chi connectivity index (χ1) is 9.09. The van der Waals surface area contributed by atoms with Gasteiger partial charge in [-0.25, -0.2) is 0 Å². The highest BCUT2D eigenvalue weighted by atomic mass is 35.5. The largest absolute Gasteiger partial charge is 0.352 e. The lowest BCUT2D eigenvalue weighted by molar-refractivity contribution is -0.122. The van der Waals surface area contributed by atoms with Crippen molar-refractivity contribution in [3.63, 3.8) is 0 Å². The van der Waals surface area contributed by atoms with Crippen LogP contribution in [0.25, 0.3) is 0 Å². The molecule has 19 heavy (non-hydrogen) atoms. The van der Waals surface area contributed by atoms with Crippen molar-refractivity contribution in [1.82, 2.24) is 5.32 Å². The normalized spacial score (nSPS) is 28.7. The summed E-state index contributed by atoms with van der Waals surface area (Å²) in [4.78, 5) is 12.2. The quantitative estimate of drug-likeness (QED) is 0.835. The van der Waals surface area contributed by atoms with Gasteiger partial charge in [0.25, 0.3) is 0 Å².